The van der Waals surface area contributed by atoms with Gasteiger partial charge in [0.15, 0.2) is 10.7 Å². The first-order valence-corrected chi connectivity index (χ1v) is 12.1. The van der Waals surface area contributed by atoms with E-state index in [1.165, 1.54) is 11.8 Å². The van der Waals surface area contributed by atoms with Crippen LogP contribution in [0.1, 0.15) is 12.5 Å². The minimum absolute atomic E-state index is 0.0159. The molecule has 176 valence electrons. The van der Waals surface area contributed by atoms with Crippen LogP contribution in [0.25, 0.3) is 16.7 Å². The SMILES string of the molecule is CCOc1ccc(-n2c(SCC(O)=C(C#N)C(=O)NCc3ccccc3)nc3ccccc32)cc1. The number of hydrogen-bond donors (Lipinski definition) is 2. The number of thioether (sulfide) groups is 1. The summed E-state index contributed by atoms with van der Waals surface area (Å²) in [6, 6.07) is 26.6. The number of para-hydroxylation sites is 2. The Hall–Kier alpha value is -4.22. The number of nitrogens with one attached hydrogen (secondary N) is 1. The molecule has 0 atom stereocenters. The molecule has 0 spiro atoms. The van der Waals surface area contributed by atoms with Crippen molar-refractivity contribution in [3.8, 4) is 17.5 Å². The van der Waals surface area contributed by atoms with Crippen LogP contribution in [-0.4, -0.2) is 32.9 Å². The summed E-state index contributed by atoms with van der Waals surface area (Å²) in [7, 11) is 0. The largest absolute Gasteiger partial charge is 0.510 e. The van der Waals surface area contributed by atoms with Gasteiger partial charge >= 0.3 is 0 Å². The highest BCUT2D eigenvalue weighted by molar-refractivity contribution is 7.99. The molecule has 1 heterocycles. The molecule has 0 saturated heterocycles. The molecule has 0 aliphatic carbocycles. The van der Waals surface area contributed by atoms with Crippen molar-refractivity contribution in [3.05, 3.63) is 95.8 Å². The molecule has 1 aromatic heterocycles. The lowest BCUT2D eigenvalue weighted by atomic mass is 10.2. The molecule has 0 unspecified atom stereocenters. The fourth-order valence-electron chi connectivity index (χ4n) is 3.53. The second-order valence-electron chi connectivity index (χ2n) is 7.54. The third-order valence-corrected chi connectivity index (χ3v) is 6.15. The van der Waals surface area contributed by atoms with E-state index < -0.39 is 5.91 Å². The van der Waals surface area contributed by atoms with Gasteiger partial charge in [0.2, 0.25) is 0 Å². The number of aliphatic hydroxyl groups excluding tert-OH is 1. The number of carbonyl (C=O) groups is 1. The van der Waals surface area contributed by atoms with Crippen molar-refractivity contribution in [3.63, 3.8) is 0 Å². The number of benzene rings is 3. The van der Waals surface area contributed by atoms with Gasteiger partial charge in [-0.3, -0.25) is 9.36 Å². The van der Waals surface area contributed by atoms with Gasteiger partial charge in [-0.25, -0.2) is 4.98 Å². The van der Waals surface area contributed by atoms with Crippen molar-refractivity contribution in [2.45, 2.75) is 18.6 Å². The molecular formula is C27H24N4O3S. The van der Waals surface area contributed by atoms with E-state index in [-0.39, 0.29) is 23.6 Å². The number of hydrogen-bond acceptors (Lipinski definition) is 6. The molecule has 8 heteroatoms. The third-order valence-electron chi connectivity index (χ3n) is 5.20. The molecule has 0 fully saturated rings. The van der Waals surface area contributed by atoms with Gasteiger partial charge in [-0.1, -0.05) is 54.2 Å². The number of rotatable bonds is 9. The molecule has 3 aromatic carbocycles. The van der Waals surface area contributed by atoms with Gasteiger partial charge in [-0.05, 0) is 48.9 Å². The molecule has 1 amide bonds. The molecule has 7 nitrogen and oxygen atoms in total. The number of fused-ring (bicyclic) bond motifs is 1. The maximum absolute atomic E-state index is 12.5. The van der Waals surface area contributed by atoms with E-state index >= 15 is 0 Å². The molecule has 4 rings (SSSR count). The summed E-state index contributed by atoms with van der Waals surface area (Å²) in [6.45, 7) is 2.78. The lowest BCUT2D eigenvalue weighted by molar-refractivity contribution is -0.117. The van der Waals surface area contributed by atoms with Crippen molar-refractivity contribution in [2.24, 2.45) is 0 Å². The normalized spacial score (nSPS) is 11.5. The minimum atomic E-state index is -0.616. The van der Waals surface area contributed by atoms with Crippen LogP contribution in [0.3, 0.4) is 0 Å². The number of aromatic nitrogens is 2. The van der Waals surface area contributed by atoms with Crippen LogP contribution in [0.5, 0.6) is 5.75 Å². The molecule has 0 radical (unpaired) electrons. The van der Waals surface area contributed by atoms with E-state index in [0.29, 0.717) is 11.8 Å². The molecule has 2 N–H and O–H groups in total. The average molecular weight is 485 g/mol. The predicted molar refractivity (Wildman–Crippen MR) is 137 cm³/mol. The van der Waals surface area contributed by atoms with E-state index in [9.17, 15) is 15.2 Å². The van der Waals surface area contributed by atoms with Crippen molar-refractivity contribution in [1.82, 2.24) is 14.9 Å². The highest BCUT2D eigenvalue weighted by Crippen LogP contribution is 2.30. The Balaban J connectivity index is 1.56. The van der Waals surface area contributed by atoms with Crippen molar-refractivity contribution < 1.29 is 14.6 Å². The molecular weight excluding hydrogens is 460 g/mol. The summed E-state index contributed by atoms with van der Waals surface area (Å²) in [6.07, 6.45) is 0. The quantitative estimate of drug-likeness (QED) is 0.147. The second-order valence-corrected chi connectivity index (χ2v) is 8.48. The van der Waals surface area contributed by atoms with Crippen molar-refractivity contribution in [1.29, 1.82) is 5.26 Å². The Labute approximate surface area is 207 Å². The number of amides is 1. The second kappa shape index (κ2) is 11.3. The first-order chi connectivity index (χ1) is 17.1. The van der Waals surface area contributed by atoms with Crippen LogP contribution in [-0.2, 0) is 11.3 Å². The summed E-state index contributed by atoms with van der Waals surface area (Å²) < 4.78 is 7.52. The Morgan fingerprint density at radius 2 is 1.80 bits per heavy atom. The minimum Gasteiger partial charge on any atom is -0.510 e. The van der Waals surface area contributed by atoms with Gasteiger partial charge in [0.1, 0.15) is 17.6 Å². The van der Waals surface area contributed by atoms with Crippen LogP contribution in [0.4, 0.5) is 0 Å². The van der Waals surface area contributed by atoms with E-state index in [4.69, 9.17) is 9.72 Å². The molecule has 35 heavy (non-hydrogen) atoms. The van der Waals surface area contributed by atoms with Gasteiger partial charge < -0.3 is 15.2 Å². The van der Waals surface area contributed by atoms with Crippen LogP contribution in [0.2, 0.25) is 0 Å². The molecule has 0 aliphatic rings. The van der Waals surface area contributed by atoms with E-state index in [0.717, 1.165) is 28.0 Å². The number of carbonyl (C=O) groups excluding carboxylic acids is 1. The van der Waals surface area contributed by atoms with Crippen LogP contribution >= 0.6 is 11.8 Å². The van der Waals surface area contributed by atoms with Gasteiger partial charge in [0.05, 0.1) is 23.4 Å². The maximum Gasteiger partial charge on any atom is 0.265 e. The zero-order valence-corrected chi connectivity index (χ0v) is 20.0. The smallest absolute Gasteiger partial charge is 0.265 e. The van der Waals surface area contributed by atoms with Crippen molar-refractivity contribution >= 4 is 28.7 Å². The average Bonchev–Trinajstić information content (AvgIpc) is 3.26. The number of imidazole rings is 1. The molecule has 0 aliphatic heterocycles. The Morgan fingerprint density at radius 1 is 1.09 bits per heavy atom. The zero-order valence-electron chi connectivity index (χ0n) is 19.1. The highest BCUT2D eigenvalue weighted by Gasteiger charge is 2.18. The lowest BCUT2D eigenvalue weighted by Gasteiger charge is -2.11. The van der Waals surface area contributed by atoms with Crippen LogP contribution in [0.15, 0.2) is 95.4 Å². The summed E-state index contributed by atoms with van der Waals surface area (Å²) >= 11 is 1.25. The standard InChI is InChI=1S/C27H24N4O3S/c1-2-34-21-14-12-20(13-15-21)31-24-11-7-6-10-23(24)30-27(31)35-18-25(32)22(16-28)26(33)29-17-19-8-4-3-5-9-19/h3-15,32H,2,17-18H2,1H3,(H,29,33). The van der Waals surface area contributed by atoms with Gasteiger partial charge in [0, 0.05) is 12.2 Å². The first kappa shape index (κ1) is 23.9. The summed E-state index contributed by atoms with van der Waals surface area (Å²) in [4.78, 5) is 17.2. The number of nitrogens with zero attached hydrogens (tertiary/aromatic N) is 3. The fraction of sp³-hybridized carbons (Fsp3) is 0.148. The monoisotopic (exact) mass is 484 g/mol. The Morgan fingerprint density at radius 3 is 2.51 bits per heavy atom. The van der Waals surface area contributed by atoms with E-state index in [1.54, 1.807) is 0 Å². The van der Waals surface area contributed by atoms with E-state index in [2.05, 4.69) is 5.32 Å². The van der Waals surface area contributed by atoms with E-state index in [1.807, 2.05) is 96.4 Å². The molecule has 0 bridgehead atoms. The molecule has 4 aromatic rings. The van der Waals surface area contributed by atoms with Crippen molar-refractivity contribution in [2.75, 3.05) is 12.4 Å². The lowest BCUT2D eigenvalue weighted by Crippen LogP contribution is -2.25. The highest BCUT2D eigenvalue weighted by atomic mass is 32.2. The van der Waals surface area contributed by atoms with Gasteiger partial charge in [-0.15, -0.1) is 0 Å². The van der Waals surface area contributed by atoms with Crippen LogP contribution < -0.4 is 10.1 Å². The third kappa shape index (κ3) is 5.65. The first-order valence-electron chi connectivity index (χ1n) is 11.1. The number of nitriles is 1. The summed E-state index contributed by atoms with van der Waals surface area (Å²) in [5, 5.41) is 23.4. The van der Waals surface area contributed by atoms with Gasteiger partial charge in [0.25, 0.3) is 5.91 Å². The number of aliphatic hydroxyl groups is 1. The van der Waals surface area contributed by atoms with Crippen LogP contribution in [0, 0.1) is 11.3 Å². The maximum atomic E-state index is 12.5. The molecule has 0 saturated carbocycles. The number of ether oxygens (including phenoxy) is 1. The fourth-order valence-corrected chi connectivity index (χ4v) is 4.43. The van der Waals surface area contributed by atoms with Gasteiger partial charge in [-0.2, -0.15) is 5.26 Å². The topological polar surface area (TPSA) is 100 Å². The predicted octanol–water partition coefficient (Wildman–Crippen LogP) is 5.17. The summed E-state index contributed by atoms with van der Waals surface area (Å²) in [5.41, 5.74) is 3.18. The summed E-state index contributed by atoms with van der Waals surface area (Å²) in [5.74, 6) is -0.124. The Bertz CT molecular complexity index is 1390. The Kier molecular flexibility index (Phi) is 7.70. The zero-order chi connectivity index (χ0) is 24.6.